The Morgan fingerprint density at radius 3 is 2.35 bits per heavy atom. The van der Waals surface area contributed by atoms with E-state index in [1.807, 2.05) is 12.1 Å². The van der Waals surface area contributed by atoms with Crippen molar-refractivity contribution in [2.45, 2.75) is 53.0 Å². The summed E-state index contributed by atoms with van der Waals surface area (Å²) in [4.78, 5) is 30.1. The Morgan fingerprint density at radius 2 is 1.82 bits per heavy atom. The summed E-state index contributed by atoms with van der Waals surface area (Å²) in [6, 6.07) is 8.27. The summed E-state index contributed by atoms with van der Waals surface area (Å²) in [5.41, 5.74) is 1.18. The third-order valence-corrected chi connectivity index (χ3v) is 6.44. The van der Waals surface area contributed by atoms with E-state index in [0.29, 0.717) is 35.9 Å². The molecule has 1 aliphatic heterocycles. The third kappa shape index (κ3) is 4.89. The topological polar surface area (TPSA) is 83.2 Å². The van der Waals surface area contributed by atoms with Crippen LogP contribution in [0.4, 0.5) is 0 Å². The number of likely N-dealkylation sites (tertiary alicyclic amines) is 1. The van der Waals surface area contributed by atoms with E-state index < -0.39 is 17.7 Å². The Kier molecular flexibility index (Phi) is 7.56. The zero-order valence-electron chi connectivity index (χ0n) is 21.3. The number of amides is 1. The largest absolute Gasteiger partial charge is 0.507 e. The predicted molar refractivity (Wildman–Crippen MR) is 132 cm³/mol. The van der Waals surface area contributed by atoms with E-state index in [-0.39, 0.29) is 16.7 Å². The van der Waals surface area contributed by atoms with Crippen molar-refractivity contribution in [1.82, 2.24) is 9.80 Å². The van der Waals surface area contributed by atoms with Gasteiger partial charge in [-0.05, 0) is 55.3 Å². The number of methoxy groups -OCH3 is 1. The van der Waals surface area contributed by atoms with Gasteiger partial charge in [-0.3, -0.25) is 9.59 Å². The fourth-order valence-electron chi connectivity index (χ4n) is 4.30. The molecule has 184 valence electrons. The molecule has 1 aromatic heterocycles. The minimum atomic E-state index is -0.813. The molecule has 1 aromatic carbocycles. The molecule has 1 atom stereocenters. The van der Waals surface area contributed by atoms with Gasteiger partial charge in [0.15, 0.2) is 0 Å². The highest BCUT2D eigenvalue weighted by atomic mass is 16.5. The fraction of sp³-hybridized carbons (Fsp3) is 0.481. The van der Waals surface area contributed by atoms with Crippen molar-refractivity contribution in [3.63, 3.8) is 0 Å². The lowest BCUT2D eigenvalue weighted by atomic mass is 9.85. The Bertz CT molecular complexity index is 1090. The van der Waals surface area contributed by atoms with Crippen LogP contribution < -0.4 is 4.74 Å². The molecular weight excluding hydrogens is 432 g/mol. The maximum Gasteiger partial charge on any atom is 0.295 e. The maximum atomic E-state index is 13.3. The number of Topliss-reactive ketones (excluding diaryl/α,β-unsaturated/α-hetero) is 1. The molecule has 0 aliphatic carbocycles. The van der Waals surface area contributed by atoms with Crippen LogP contribution in [0.25, 0.3) is 5.76 Å². The zero-order chi connectivity index (χ0) is 25.2. The highest BCUT2D eigenvalue weighted by Crippen LogP contribution is 2.42. The van der Waals surface area contributed by atoms with Crippen LogP contribution >= 0.6 is 0 Å². The van der Waals surface area contributed by atoms with Gasteiger partial charge in [0.25, 0.3) is 11.7 Å². The number of hydrogen-bond donors (Lipinski definition) is 1. The van der Waals surface area contributed by atoms with E-state index >= 15 is 0 Å². The molecule has 7 nitrogen and oxygen atoms in total. The highest BCUT2D eigenvalue weighted by Gasteiger charge is 2.47. The van der Waals surface area contributed by atoms with Crippen molar-refractivity contribution in [2.24, 2.45) is 0 Å². The first-order chi connectivity index (χ1) is 16.0. The molecule has 1 fully saturated rings. The molecule has 1 saturated heterocycles. The number of ether oxygens (including phenoxy) is 1. The number of aryl methyl sites for hydroxylation is 1. The molecule has 1 N–H and O–H groups in total. The van der Waals surface area contributed by atoms with Gasteiger partial charge in [0.05, 0.1) is 18.2 Å². The van der Waals surface area contributed by atoms with Crippen LogP contribution in [0.3, 0.4) is 0 Å². The minimum Gasteiger partial charge on any atom is -0.507 e. The average molecular weight is 469 g/mol. The monoisotopic (exact) mass is 468 g/mol. The second-order valence-corrected chi connectivity index (χ2v) is 9.63. The van der Waals surface area contributed by atoms with Crippen LogP contribution in [0.2, 0.25) is 0 Å². The molecule has 7 heteroatoms. The summed E-state index contributed by atoms with van der Waals surface area (Å²) in [5.74, 6) is -0.0849. The van der Waals surface area contributed by atoms with Crippen molar-refractivity contribution < 1.29 is 23.8 Å². The lowest BCUT2D eigenvalue weighted by Crippen LogP contribution is -2.37. The normalized spacial score (nSPS) is 18.2. The molecular formula is C27H36N2O5. The molecule has 3 rings (SSSR count). The van der Waals surface area contributed by atoms with E-state index in [1.54, 1.807) is 25.1 Å². The molecule has 1 unspecified atom stereocenters. The van der Waals surface area contributed by atoms with Crippen LogP contribution in [0, 0.1) is 6.92 Å². The second-order valence-electron chi connectivity index (χ2n) is 9.63. The summed E-state index contributed by atoms with van der Waals surface area (Å²) in [6.45, 7) is 14.7. The first kappa shape index (κ1) is 25.6. The molecule has 0 radical (unpaired) electrons. The van der Waals surface area contributed by atoms with Gasteiger partial charge in [-0.2, -0.15) is 0 Å². The number of likely N-dealkylation sites (N-methyl/N-ethyl adjacent to an activating group) is 1. The van der Waals surface area contributed by atoms with Crippen molar-refractivity contribution in [2.75, 3.05) is 33.3 Å². The molecule has 1 aliphatic rings. The van der Waals surface area contributed by atoms with E-state index in [1.165, 1.54) is 12.0 Å². The van der Waals surface area contributed by atoms with Gasteiger partial charge >= 0.3 is 0 Å². The number of carbonyl (C=O) groups is 2. The molecule has 2 heterocycles. The number of aliphatic hydroxyl groups excluding tert-OH is 1. The summed E-state index contributed by atoms with van der Waals surface area (Å²) in [6.07, 6.45) is 0. The summed E-state index contributed by atoms with van der Waals surface area (Å²) in [5, 5.41) is 11.5. The molecule has 0 spiro atoms. The quantitative estimate of drug-likeness (QED) is 0.345. The lowest BCUT2D eigenvalue weighted by Gasteiger charge is -2.27. The molecule has 0 bridgehead atoms. The first-order valence-corrected chi connectivity index (χ1v) is 11.8. The van der Waals surface area contributed by atoms with Gasteiger partial charge in [0.2, 0.25) is 0 Å². The number of nitrogens with zero attached hydrogens (tertiary/aromatic N) is 2. The number of benzene rings is 1. The van der Waals surface area contributed by atoms with E-state index in [4.69, 9.17) is 9.15 Å². The first-order valence-electron chi connectivity index (χ1n) is 11.8. The minimum absolute atomic E-state index is 0.0169. The maximum absolute atomic E-state index is 13.3. The molecule has 0 saturated carbocycles. The number of hydrogen-bond acceptors (Lipinski definition) is 6. The SMILES string of the molecule is CCN(CC)CCN1C(=O)C(=O)/C(=C(/O)c2cc(C(C)(C)C)ccc2OC)C1c1ccc(C)o1. The van der Waals surface area contributed by atoms with Crippen LogP contribution in [0.15, 0.2) is 40.3 Å². The van der Waals surface area contributed by atoms with Gasteiger partial charge in [-0.15, -0.1) is 0 Å². The average Bonchev–Trinajstić information content (AvgIpc) is 3.34. The van der Waals surface area contributed by atoms with Crippen molar-refractivity contribution in [3.8, 4) is 5.75 Å². The molecule has 34 heavy (non-hydrogen) atoms. The van der Waals surface area contributed by atoms with Gasteiger partial charge < -0.3 is 24.1 Å². The summed E-state index contributed by atoms with van der Waals surface area (Å²) < 4.78 is 11.4. The second kappa shape index (κ2) is 10.1. The number of carbonyl (C=O) groups excluding carboxylic acids is 2. The molecule has 2 aromatic rings. The van der Waals surface area contributed by atoms with E-state index in [2.05, 4.69) is 39.5 Å². The van der Waals surface area contributed by atoms with E-state index in [0.717, 1.165) is 18.7 Å². The Labute approximate surface area is 202 Å². The fourth-order valence-corrected chi connectivity index (χ4v) is 4.30. The summed E-state index contributed by atoms with van der Waals surface area (Å²) in [7, 11) is 1.51. The van der Waals surface area contributed by atoms with Crippen molar-refractivity contribution in [3.05, 3.63) is 58.6 Å². The van der Waals surface area contributed by atoms with Gasteiger partial charge in [0, 0.05) is 13.1 Å². The predicted octanol–water partition coefficient (Wildman–Crippen LogP) is 4.66. The van der Waals surface area contributed by atoms with Crippen LogP contribution in [0.1, 0.15) is 63.3 Å². The van der Waals surface area contributed by atoms with Crippen LogP contribution in [-0.4, -0.2) is 59.9 Å². The standard InChI is InChI=1S/C27H36N2O5/c1-8-28(9-2)14-15-29-23(21-12-10-17(3)34-21)22(25(31)26(29)32)24(30)19-16-18(27(4,5)6)11-13-20(19)33-7/h10-13,16,23,30H,8-9,14-15H2,1-7H3/b24-22+. The number of ketones is 1. The van der Waals surface area contributed by atoms with Crippen LogP contribution in [-0.2, 0) is 15.0 Å². The third-order valence-electron chi connectivity index (χ3n) is 6.44. The Hall–Kier alpha value is -3.06. The van der Waals surface area contributed by atoms with Crippen LogP contribution in [0.5, 0.6) is 5.75 Å². The smallest absolute Gasteiger partial charge is 0.295 e. The Balaban J connectivity index is 2.18. The number of aliphatic hydroxyl groups is 1. The van der Waals surface area contributed by atoms with Gasteiger partial charge in [0.1, 0.15) is 29.1 Å². The number of rotatable bonds is 8. The molecule has 1 amide bonds. The highest BCUT2D eigenvalue weighted by molar-refractivity contribution is 6.46. The van der Waals surface area contributed by atoms with Crippen molar-refractivity contribution in [1.29, 1.82) is 0 Å². The summed E-state index contributed by atoms with van der Waals surface area (Å²) >= 11 is 0. The zero-order valence-corrected chi connectivity index (χ0v) is 21.3. The Morgan fingerprint density at radius 1 is 1.15 bits per heavy atom. The number of furan rings is 1. The van der Waals surface area contributed by atoms with E-state index in [9.17, 15) is 14.7 Å². The van der Waals surface area contributed by atoms with Gasteiger partial charge in [-0.1, -0.05) is 40.7 Å². The van der Waals surface area contributed by atoms with Crippen molar-refractivity contribution >= 4 is 17.4 Å². The lowest BCUT2D eigenvalue weighted by molar-refractivity contribution is -0.140. The van der Waals surface area contributed by atoms with Gasteiger partial charge in [-0.25, -0.2) is 0 Å².